The summed E-state index contributed by atoms with van der Waals surface area (Å²) in [5.74, 6) is 0. The first-order valence-electron chi connectivity index (χ1n) is 6.62. The summed E-state index contributed by atoms with van der Waals surface area (Å²) < 4.78 is 28.7. The van der Waals surface area contributed by atoms with Gasteiger partial charge in [0, 0.05) is 23.0 Å². The van der Waals surface area contributed by atoms with Gasteiger partial charge in [-0.1, -0.05) is 20.8 Å². The first kappa shape index (κ1) is 16.0. The van der Waals surface area contributed by atoms with E-state index < -0.39 is 10.0 Å². The van der Waals surface area contributed by atoms with Crippen LogP contribution < -0.4 is 4.72 Å². The molecule has 0 amide bonds. The second kappa shape index (κ2) is 5.42. The number of hydrogen-bond donors (Lipinski definition) is 1. The molecule has 0 radical (unpaired) electrons. The molecule has 21 heavy (non-hydrogen) atoms. The molecule has 116 valence electrons. The number of sulfonamides is 1. The maximum Gasteiger partial charge on any atom is 0.266 e. The Hall–Kier alpha value is -1.41. The van der Waals surface area contributed by atoms with Crippen LogP contribution in [0, 0.1) is 0 Å². The Labute approximate surface area is 129 Å². The van der Waals surface area contributed by atoms with Gasteiger partial charge in [-0.2, -0.15) is 5.10 Å². The Morgan fingerprint density at radius 3 is 2.48 bits per heavy atom. The van der Waals surface area contributed by atoms with Crippen LogP contribution in [0.1, 0.15) is 46.4 Å². The van der Waals surface area contributed by atoms with Crippen molar-refractivity contribution in [1.82, 2.24) is 14.8 Å². The molecule has 0 unspecified atom stereocenters. The largest absolute Gasteiger partial charge is 0.269 e. The predicted octanol–water partition coefficient (Wildman–Crippen LogP) is 3.02. The van der Waals surface area contributed by atoms with Crippen molar-refractivity contribution < 1.29 is 8.42 Å². The van der Waals surface area contributed by atoms with Crippen LogP contribution in [0.2, 0.25) is 0 Å². The Balaban J connectivity index is 2.23. The van der Waals surface area contributed by atoms with E-state index in [4.69, 9.17) is 0 Å². The summed E-state index contributed by atoms with van der Waals surface area (Å²) in [6, 6.07) is 0.112. The van der Waals surface area contributed by atoms with Crippen LogP contribution >= 0.6 is 11.3 Å². The molecule has 0 saturated carbocycles. The Morgan fingerprint density at radius 1 is 1.33 bits per heavy atom. The van der Waals surface area contributed by atoms with Gasteiger partial charge in [0.2, 0.25) is 0 Å². The smallest absolute Gasteiger partial charge is 0.266 e. The van der Waals surface area contributed by atoms with Crippen molar-refractivity contribution in [2.75, 3.05) is 4.72 Å². The van der Waals surface area contributed by atoms with Gasteiger partial charge in [0.15, 0.2) is 5.13 Å². The number of hydrogen-bond acceptors (Lipinski definition) is 5. The first-order chi connectivity index (χ1) is 9.59. The number of anilines is 1. The lowest BCUT2D eigenvalue weighted by Gasteiger charge is -2.14. The van der Waals surface area contributed by atoms with Crippen molar-refractivity contribution >= 4 is 26.5 Å². The molecule has 2 rings (SSSR count). The monoisotopic (exact) mass is 328 g/mol. The summed E-state index contributed by atoms with van der Waals surface area (Å²) in [4.78, 5) is 4.48. The third-order valence-electron chi connectivity index (χ3n) is 2.91. The molecular weight excluding hydrogens is 308 g/mol. The molecule has 8 heteroatoms. The van der Waals surface area contributed by atoms with Gasteiger partial charge in [-0.15, -0.1) is 11.3 Å². The minimum atomic E-state index is -3.64. The Kier molecular flexibility index (Phi) is 4.12. The third-order valence-corrected chi connectivity index (χ3v) is 5.09. The van der Waals surface area contributed by atoms with Crippen molar-refractivity contribution in [2.24, 2.45) is 0 Å². The lowest BCUT2D eigenvalue weighted by molar-refractivity contribution is 0.531. The fourth-order valence-electron chi connectivity index (χ4n) is 1.58. The summed E-state index contributed by atoms with van der Waals surface area (Å²) in [7, 11) is -3.64. The quantitative estimate of drug-likeness (QED) is 0.936. The van der Waals surface area contributed by atoms with Crippen LogP contribution in [0.15, 0.2) is 22.7 Å². The molecule has 0 aliphatic rings. The molecule has 0 aliphatic carbocycles. The van der Waals surface area contributed by atoms with Crippen molar-refractivity contribution in [2.45, 2.75) is 51.0 Å². The molecule has 1 N–H and O–H groups in total. The second-order valence-corrected chi connectivity index (χ2v) is 8.68. The number of nitrogens with one attached hydrogen (secondary N) is 1. The van der Waals surface area contributed by atoms with E-state index in [0.717, 1.165) is 5.69 Å². The highest BCUT2D eigenvalue weighted by Gasteiger charge is 2.22. The van der Waals surface area contributed by atoms with E-state index >= 15 is 0 Å². The fourth-order valence-corrected chi connectivity index (χ4v) is 3.71. The molecule has 0 fully saturated rings. The van der Waals surface area contributed by atoms with Gasteiger partial charge < -0.3 is 0 Å². The van der Waals surface area contributed by atoms with Gasteiger partial charge in [-0.05, 0) is 13.8 Å². The third kappa shape index (κ3) is 3.62. The maximum atomic E-state index is 12.3. The van der Waals surface area contributed by atoms with E-state index in [1.165, 1.54) is 23.7 Å². The van der Waals surface area contributed by atoms with Gasteiger partial charge in [-0.25, -0.2) is 13.4 Å². The lowest BCUT2D eigenvalue weighted by Crippen LogP contribution is -2.14. The summed E-state index contributed by atoms with van der Waals surface area (Å²) in [6.45, 7) is 9.98. The van der Waals surface area contributed by atoms with Crippen LogP contribution in [0.4, 0.5) is 5.13 Å². The molecule has 0 bridgehead atoms. The second-order valence-electron chi connectivity index (χ2n) is 6.14. The van der Waals surface area contributed by atoms with E-state index in [-0.39, 0.29) is 16.4 Å². The van der Waals surface area contributed by atoms with Gasteiger partial charge in [0.1, 0.15) is 4.90 Å². The fraction of sp³-hybridized carbons (Fsp3) is 0.538. The van der Waals surface area contributed by atoms with Gasteiger partial charge in [-0.3, -0.25) is 9.40 Å². The van der Waals surface area contributed by atoms with Gasteiger partial charge in [0.05, 0.1) is 11.9 Å². The summed E-state index contributed by atoms with van der Waals surface area (Å²) in [5, 5.41) is 6.29. The zero-order chi connectivity index (χ0) is 15.8. The van der Waals surface area contributed by atoms with Crippen LogP contribution in [-0.2, 0) is 15.4 Å². The Bertz CT molecular complexity index is 723. The molecule has 0 atom stereocenters. The molecule has 0 aliphatic heterocycles. The van der Waals surface area contributed by atoms with Crippen LogP contribution in [0.25, 0.3) is 0 Å². The Morgan fingerprint density at radius 2 is 2.00 bits per heavy atom. The van der Waals surface area contributed by atoms with E-state index in [2.05, 4.69) is 14.8 Å². The number of rotatable bonds is 4. The molecule has 0 saturated heterocycles. The highest BCUT2D eigenvalue weighted by atomic mass is 32.2. The highest BCUT2D eigenvalue weighted by molar-refractivity contribution is 7.93. The zero-order valence-electron chi connectivity index (χ0n) is 12.8. The molecule has 2 heterocycles. The average Bonchev–Trinajstić information content (AvgIpc) is 2.94. The van der Waals surface area contributed by atoms with E-state index in [9.17, 15) is 8.42 Å². The summed E-state index contributed by atoms with van der Waals surface area (Å²) in [6.07, 6.45) is 2.87. The molecule has 6 nitrogen and oxygen atoms in total. The average molecular weight is 328 g/mol. The number of thiazole rings is 1. The molecular formula is C13H20N4O2S2. The number of aromatic nitrogens is 3. The van der Waals surface area contributed by atoms with Crippen molar-refractivity contribution in [1.29, 1.82) is 0 Å². The van der Waals surface area contributed by atoms with Crippen molar-refractivity contribution in [3.05, 3.63) is 23.5 Å². The van der Waals surface area contributed by atoms with Crippen molar-refractivity contribution in [3.8, 4) is 0 Å². The molecule has 0 aromatic carbocycles. The van der Waals surface area contributed by atoms with Crippen LogP contribution in [-0.4, -0.2) is 23.2 Å². The minimum Gasteiger partial charge on any atom is -0.269 e. The number of nitrogens with zero attached hydrogens (tertiary/aromatic N) is 3. The molecule has 0 spiro atoms. The predicted molar refractivity (Wildman–Crippen MR) is 84.2 cm³/mol. The topological polar surface area (TPSA) is 76.9 Å². The lowest BCUT2D eigenvalue weighted by atomic mass is 9.93. The van der Waals surface area contributed by atoms with E-state index in [1.54, 1.807) is 4.68 Å². The summed E-state index contributed by atoms with van der Waals surface area (Å²) in [5.41, 5.74) is 0.756. The van der Waals surface area contributed by atoms with Crippen LogP contribution in [0.5, 0.6) is 0 Å². The summed E-state index contributed by atoms with van der Waals surface area (Å²) >= 11 is 1.28. The van der Waals surface area contributed by atoms with Crippen molar-refractivity contribution in [3.63, 3.8) is 0 Å². The highest BCUT2D eigenvalue weighted by Crippen LogP contribution is 2.27. The standard InChI is InChI=1S/C13H20N4O2S2/c1-9(2)17-7-10(6-14-17)21(18,19)16-12-15-11(8-20-12)13(3,4)5/h6-9H,1-5H3,(H,15,16). The maximum absolute atomic E-state index is 12.3. The van der Waals surface area contributed by atoms with E-state index in [0.29, 0.717) is 5.13 Å². The minimum absolute atomic E-state index is 0.108. The molecule has 2 aromatic heterocycles. The SMILES string of the molecule is CC(C)n1cc(S(=O)(=O)Nc2nc(C(C)(C)C)cs2)cn1. The van der Waals surface area contributed by atoms with Crippen LogP contribution in [0.3, 0.4) is 0 Å². The van der Waals surface area contributed by atoms with Gasteiger partial charge in [0.25, 0.3) is 10.0 Å². The normalized spacial score (nSPS) is 12.9. The first-order valence-corrected chi connectivity index (χ1v) is 8.99. The van der Waals surface area contributed by atoms with E-state index in [1.807, 2.05) is 40.0 Å². The zero-order valence-corrected chi connectivity index (χ0v) is 14.4. The van der Waals surface area contributed by atoms with Gasteiger partial charge >= 0.3 is 0 Å². The molecule has 2 aromatic rings.